The van der Waals surface area contributed by atoms with Crippen molar-refractivity contribution in [2.75, 3.05) is 13.2 Å². The number of hydrogen-bond acceptors (Lipinski definition) is 2. The average Bonchev–Trinajstić information content (AvgIpc) is 2.74. The van der Waals surface area contributed by atoms with Gasteiger partial charge in [0.15, 0.2) is 12.3 Å². The van der Waals surface area contributed by atoms with Crippen LogP contribution in [-0.2, 0) is 9.47 Å². The fourth-order valence-electron chi connectivity index (χ4n) is 5.32. The summed E-state index contributed by atoms with van der Waals surface area (Å²) in [4.78, 5) is 0. The number of alkyl halides is 2. The van der Waals surface area contributed by atoms with Gasteiger partial charge >= 0.3 is 0 Å². The molecule has 3 saturated carbocycles. The molecule has 0 aromatic carbocycles. The van der Waals surface area contributed by atoms with E-state index in [-0.39, 0.29) is 0 Å². The predicted octanol–water partition coefficient (Wildman–Crippen LogP) is 6.58. The molecule has 2 nitrogen and oxygen atoms in total. The van der Waals surface area contributed by atoms with Crippen molar-refractivity contribution in [3.63, 3.8) is 0 Å². The molecule has 0 saturated heterocycles. The van der Waals surface area contributed by atoms with Gasteiger partial charge in [-0.25, -0.2) is 8.78 Å². The second kappa shape index (κ2) is 11.6. The van der Waals surface area contributed by atoms with Gasteiger partial charge in [0.2, 0.25) is 0 Å². The molecule has 0 aliphatic heterocycles. The molecule has 4 unspecified atom stereocenters. The Kier molecular flexibility index (Phi) is 9.23. The van der Waals surface area contributed by atoms with Crippen molar-refractivity contribution < 1.29 is 18.3 Å². The molecule has 3 aliphatic carbocycles. The first-order valence-corrected chi connectivity index (χ1v) is 11.8. The third kappa shape index (κ3) is 6.52. The van der Waals surface area contributed by atoms with Crippen LogP contribution < -0.4 is 0 Å². The van der Waals surface area contributed by atoms with Crippen LogP contribution >= 0.6 is 0 Å². The molecule has 162 valence electrons. The maximum Gasteiger partial charge on any atom is 0.160 e. The van der Waals surface area contributed by atoms with Gasteiger partial charge in [0.25, 0.3) is 0 Å². The monoisotopic (exact) mass is 398 g/mol. The summed E-state index contributed by atoms with van der Waals surface area (Å²) in [6.45, 7) is 4.98. The highest BCUT2D eigenvalue weighted by Gasteiger charge is 2.42. The standard InChI is InChI=1S/C24H40F2O2/c1-2-3-7-18-10-12-20(13-11-18)17-28-22-15-14-21(23(25)24(22)26)27-16-19-8-5-4-6-9-19/h2,18-24H,1,3-17H2. The SMILES string of the molecule is C=CCCC1CCC(COC2CCC(OCC3CCCCC3)C(F)C2F)CC1. The van der Waals surface area contributed by atoms with Crippen LogP contribution in [0.5, 0.6) is 0 Å². The van der Waals surface area contributed by atoms with Gasteiger partial charge in [0, 0.05) is 13.2 Å². The molecule has 0 radical (unpaired) electrons. The molecule has 0 aromatic rings. The summed E-state index contributed by atoms with van der Waals surface area (Å²) in [6, 6.07) is 0. The summed E-state index contributed by atoms with van der Waals surface area (Å²) in [6.07, 6.45) is 12.1. The molecule has 3 fully saturated rings. The molecular formula is C24H40F2O2. The number of allylic oxidation sites excluding steroid dienone is 1. The molecule has 0 spiro atoms. The highest BCUT2D eigenvalue weighted by molar-refractivity contribution is 4.90. The minimum absolute atomic E-state index is 0.505. The number of halogens is 2. The van der Waals surface area contributed by atoms with Crippen LogP contribution in [0.15, 0.2) is 12.7 Å². The second-order valence-corrected chi connectivity index (χ2v) is 9.47. The summed E-state index contributed by atoms with van der Waals surface area (Å²) in [5.74, 6) is 1.84. The largest absolute Gasteiger partial charge is 0.375 e. The number of rotatable bonds is 9. The second-order valence-electron chi connectivity index (χ2n) is 9.47. The molecule has 3 rings (SSSR count). The van der Waals surface area contributed by atoms with Gasteiger partial charge in [-0.1, -0.05) is 38.2 Å². The van der Waals surface area contributed by atoms with Gasteiger partial charge in [-0.2, -0.15) is 0 Å². The fraction of sp³-hybridized carbons (Fsp3) is 0.917. The number of ether oxygens (including phenoxy) is 2. The summed E-state index contributed by atoms with van der Waals surface area (Å²) in [7, 11) is 0. The van der Waals surface area contributed by atoms with Crippen LogP contribution in [0.2, 0.25) is 0 Å². The van der Waals surface area contributed by atoms with Gasteiger partial charge in [-0.3, -0.25) is 0 Å². The van der Waals surface area contributed by atoms with E-state index in [4.69, 9.17) is 9.47 Å². The third-order valence-corrected chi connectivity index (χ3v) is 7.31. The molecule has 3 aliphatic rings. The van der Waals surface area contributed by atoms with Crippen LogP contribution in [0.4, 0.5) is 8.78 Å². The Bertz CT molecular complexity index is 444. The zero-order valence-electron chi connectivity index (χ0n) is 17.5. The van der Waals surface area contributed by atoms with Crippen LogP contribution in [0, 0.1) is 17.8 Å². The number of hydrogen-bond donors (Lipinski definition) is 0. The lowest BCUT2D eigenvalue weighted by Crippen LogP contribution is -2.47. The Morgan fingerprint density at radius 1 is 0.679 bits per heavy atom. The van der Waals surface area contributed by atoms with Crippen LogP contribution in [0.3, 0.4) is 0 Å². The third-order valence-electron chi connectivity index (χ3n) is 7.31. The van der Waals surface area contributed by atoms with E-state index in [1.807, 2.05) is 6.08 Å². The summed E-state index contributed by atoms with van der Waals surface area (Å²) in [5.41, 5.74) is 0. The van der Waals surface area contributed by atoms with E-state index in [1.54, 1.807) is 0 Å². The van der Waals surface area contributed by atoms with Crippen molar-refractivity contribution >= 4 is 0 Å². The molecule has 0 heterocycles. The van der Waals surface area contributed by atoms with E-state index < -0.39 is 24.6 Å². The Labute approximate surface area is 170 Å². The maximum atomic E-state index is 14.6. The molecule has 4 atom stereocenters. The fourth-order valence-corrected chi connectivity index (χ4v) is 5.32. The van der Waals surface area contributed by atoms with Crippen LogP contribution in [0.1, 0.15) is 83.5 Å². The van der Waals surface area contributed by atoms with E-state index in [9.17, 15) is 8.78 Å². The van der Waals surface area contributed by atoms with Crippen molar-refractivity contribution in [2.45, 2.75) is 108 Å². The van der Waals surface area contributed by atoms with Gasteiger partial charge in [-0.05, 0) is 69.1 Å². The maximum absolute atomic E-state index is 14.6. The first-order chi connectivity index (χ1) is 13.7. The molecule has 0 bridgehead atoms. The minimum atomic E-state index is -1.55. The highest BCUT2D eigenvalue weighted by atomic mass is 19.2. The Hall–Kier alpha value is -0.480. The Morgan fingerprint density at radius 3 is 1.71 bits per heavy atom. The normalized spacial score (nSPS) is 37.6. The summed E-state index contributed by atoms with van der Waals surface area (Å²) >= 11 is 0. The molecule has 0 amide bonds. The Balaban J connectivity index is 1.33. The van der Waals surface area contributed by atoms with Crippen molar-refractivity contribution in [1.82, 2.24) is 0 Å². The van der Waals surface area contributed by atoms with Crippen LogP contribution in [0.25, 0.3) is 0 Å². The van der Waals surface area contributed by atoms with Gasteiger partial charge < -0.3 is 9.47 Å². The smallest absolute Gasteiger partial charge is 0.160 e. The first-order valence-electron chi connectivity index (χ1n) is 11.8. The van der Waals surface area contributed by atoms with E-state index >= 15 is 0 Å². The lowest BCUT2D eigenvalue weighted by atomic mass is 9.80. The topological polar surface area (TPSA) is 18.5 Å². The molecule has 28 heavy (non-hydrogen) atoms. The molecular weight excluding hydrogens is 358 g/mol. The lowest BCUT2D eigenvalue weighted by molar-refractivity contribution is -0.128. The van der Waals surface area contributed by atoms with Crippen molar-refractivity contribution in [2.24, 2.45) is 17.8 Å². The van der Waals surface area contributed by atoms with Gasteiger partial charge in [0.05, 0.1) is 12.2 Å². The quantitative estimate of drug-likeness (QED) is 0.408. The molecule has 4 heteroatoms. The molecule has 0 N–H and O–H groups in total. The van der Waals surface area contributed by atoms with Crippen molar-refractivity contribution in [1.29, 1.82) is 0 Å². The summed E-state index contributed by atoms with van der Waals surface area (Å²) in [5, 5.41) is 0. The zero-order chi connectivity index (χ0) is 19.8. The first kappa shape index (κ1) is 22.2. The van der Waals surface area contributed by atoms with E-state index in [2.05, 4.69) is 6.58 Å². The van der Waals surface area contributed by atoms with E-state index in [0.29, 0.717) is 37.9 Å². The molecule has 0 aromatic heterocycles. The average molecular weight is 399 g/mol. The van der Waals surface area contributed by atoms with Crippen molar-refractivity contribution in [3.05, 3.63) is 12.7 Å². The van der Waals surface area contributed by atoms with Crippen LogP contribution in [-0.4, -0.2) is 37.8 Å². The van der Waals surface area contributed by atoms with E-state index in [0.717, 1.165) is 25.2 Å². The Morgan fingerprint density at radius 2 is 1.18 bits per heavy atom. The minimum Gasteiger partial charge on any atom is -0.375 e. The predicted molar refractivity (Wildman–Crippen MR) is 110 cm³/mol. The lowest BCUT2D eigenvalue weighted by Gasteiger charge is -2.36. The van der Waals surface area contributed by atoms with E-state index in [1.165, 1.54) is 51.4 Å². The zero-order valence-corrected chi connectivity index (χ0v) is 17.5. The van der Waals surface area contributed by atoms with Gasteiger partial charge in [0.1, 0.15) is 0 Å². The summed E-state index contributed by atoms with van der Waals surface area (Å²) < 4.78 is 40.9. The van der Waals surface area contributed by atoms with Crippen molar-refractivity contribution in [3.8, 4) is 0 Å². The highest BCUT2D eigenvalue weighted by Crippen LogP contribution is 2.34. The van der Waals surface area contributed by atoms with Gasteiger partial charge in [-0.15, -0.1) is 6.58 Å².